The van der Waals surface area contributed by atoms with Crippen molar-refractivity contribution in [2.45, 2.75) is 32.2 Å². The molecular formula is C18H22N2O2. The van der Waals surface area contributed by atoms with Crippen LogP contribution in [0.4, 0.5) is 0 Å². The summed E-state index contributed by atoms with van der Waals surface area (Å²) in [5, 5.41) is 2.86. The molecule has 0 unspecified atom stereocenters. The number of nitrogens with zero attached hydrogens (tertiary/aromatic N) is 1. The van der Waals surface area contributed by atoms with Gasteiger partial charge in [0.1, 0.15) is 0 Å². The molecule has 0 radical (unpaired) electrons. The summed E-state index contributed by atoms with van der Waals surface area (Å²) in [4.78, 5) is 26.3. The molecule has 1 aliphatic carbocycles. The van der Waals surface area contributed by atoms with Crippen LogP contribution in [0.5, 0.6) is 0 Å². The molecule has 2 rings (SSSR count). The summed E-state index contributed by atoms with van der Waals surface area (Å²) in [6, 6.07) is 7.25. The Kier molecular flexibility index (Phi) is 5.21. The number of carbonyl (C=O) groups excluding carboxylic acids is 2. The Balaban J connectivity index is 2.06. The third-order valence-electron chi connectivity index (χ3n) is 4.31. The van der Waals surface area contributed by atoms with E-state index in [1.54, 1.807) is 24.1 Å². The predicted octanol–water partition coefficient (Wildman–Crippen LogP) is 2.04. The van der Waals surface area contributed by atoms with E-state index in [1.807, 2.05) is 19.1 Å². The zero-order chi connectivity index (χ0) is 16.1. The SMILES string of the molecule is C#Cc1ccccc1C(=O)N(C)[C@@H]1CC[C@H](C(=O)NCC)C1. The maximum Gasteiger partial charge on any atom is 0.255 e. The molecular weight excluding hydrogens is 276 g/mol. The van der Waals surface area contributed by atoms with Crippen molar-refractivity contribution in [3.05, 3.63) is 35.4 Å². The van der Waals surface area contributed by atoms with Crippen LogP contribution in [-0.2, 0) is 4.79 Å². The zero-order valence-electron chi connectivity index (χ0n) is 13.1. The van der Waals surface area contributed by atoms with Crippen LogP contribution in [0, 0.1) is 18.3 Å². The highest BCUT2D eigenvalue weighted by Crippen LogP contribution is 2.30. The number of carbonyl (C=O) groups is 2. The number of hydrogen-bond acceptors (Lipinski definition) is 2. The first-order chi connectivity index (χ1) is 10.6. The van der Waals surface area contributed by atoms with Crippen molar-refractivity contribution in [3.8, 4) is 12.3 Å². The molecule has 0 saturated heterocycles. The van der Waals surface area contributed by atoms with Crippen LogP contribution in [-0.4, -0.2) is 36.3 Å². The smallest absolute Gasteiger partial charge is 0.255 e. The lowest BCUT2D eigenvalue weighted by Crippen LogP contribution is -2.37. The van der Waals surface area contributed by atoms with E-state index in [9.17, 15) is 9.59 Å². The summed E-state index contributed by atoms with van der Waals surface area (Å²) in [6.45, 7) is 2.56. The first-order valence-corrected chi connectivity index (χ1v) is 7.69. The summed E-state index contributed by atoms with van der Waals surface area (Å²) in [6.07, 6.45) is 7.85. The fourth-order valence-electron chi connectivity index (χ4n) is 3.02. The Labute approximate surface area is 131 Å². The second kappa shape index (κ2) is 7.13. The normalized spacial score (nSPS) is 20.2. The third-order valence-corrected chi connectivity index (χ3v) is 4.31. The van der Waals surface area contributed by atoms with Crippen LogP contribution >= 0.6 is 0 Å². The van der Waals surface area contributed by atoms with Crippen molar-refractivity contribution in [3.63, 3.8) is 0 Å². The molecule has 0 aromatic heterocycles. The van der Waals surface area contributed by atoms with E-state index in [-0.39, 0.29) is 23.8 Å². The topological polar surface area (TPSA) is 49.4 Å². The number of amides is 2. The number of nitrogens with one attached hydrogen (secondary N) is 1. The van der Waals surface area contributed by atoms with Gasteiger partial charge in [-0.05, 0) is 38.3 Å². The van der Waals surface area contributed by atoms with Crippen molar-refractivity contribution in [2.24, 2.45) is 5.92 Å². The quantitative estimate of drug-likeness (QED) is 0.865. The van der Waals surface area contributed by atoms with Crippen LogP contribution in [0.3, 0.4) is 0 Å². The predicted molar refractivity (Wildman–Crippen MR) is 86.3 cm³/mol. The average molecular weight is 298 g/mol. The molecule has 0 spiro atoms. The van der Waals surface area contributed by atoms with Crippen LogP contribution in [0.15, 0.2) is 24.3 Å². The van der Waals surface area contributed by atoms with Gasteiger partial charge in [-0.3, -0.25) is 9.59 Å². The summed E-state index contributed by atoms with van der Waals surface area (Å²) in [5.74, 6) is 2.58. The lowest BCUT2D eigenvalue weighted by atomic mass is 10.0. The largest absolute Gasteiger partial charge is 0.356 e. The highest BCUT2D eigenvalue weighted by Gasteiger charge is 2.34. The molecule has 1 saturated carbocycles. The van der Waals surface area contributed by atoms with Gasteiger partial charge in [0, 0.05) is 31.1 Å². The van der Waals surface area contributed by atoms with Crippen molar-refractivity contribution in [1.82, 2.24) is 10.2 Å². The Morgan fingerprint density at radius 1 is 1.36 bits per heavy atom. The molecule has 1 aliphatic rings. The van der Waals surface area contributed by atoms with Gasteiger partial charge in [0.2, 0.25) is 5.91 Å². The number of rotatable bonds is 4. The van der Waals surface area contributed by atoms with E-state index in [4.69, 9.17) is 6.42 Å². The lowest BCUT2D eigenvalue weighted by molar-refractivity contribution is -0.124. The molecule has 1 fully saturated rings. The molecule has 1 aromatic rings. The van der Waals surface area contributed by atoms with Crippen molar-refractivity contribution >= 4 is 11.8 Å². The van der Waals surface area contributed by atoms with Crippen LogP contribution < -0.4 is 5.32 Å². The Morgan fingerprint density at radius 3 is 2.77 bits per heavy atom. The monoisotopic (exact) mass is 298 g/mol. The molecule has 0 bridgehead atoms. The number of hydrogen-bond donors (Lipinski definition) is 1. The molecule has 0 aliphatic heterocycles. The minimum absolute atomic E-state index is 0.00285. The summed E-state index contributed by atoms with van der Waals surface area (Å²) in [5.41, 5.74) is 1.16. The second-order valence-electron chi connectivity index (χ2n) is 5.66. The fourth-order valence-corrected chi connectivity index (χ4v) is 3.02. The van der Waals surface area contributed by atoms with Gasteiger partial charge in [-0.25, -0.2) is 0 Å². The average Bonchev–Trinajstić information content (AvgIpc) is 3.03. The molecule has 22 heavy (non-hydrogen) atoms. The van der Waals surface area contributed by atoms with E-state index in [1.165, 1.54) is 0 Å². The van der Waals surface area contributed by atoms with Crippen LogP contribution in [0.1, 0.15) is 42.1 Å². The van der Waals surface area contributed by atoms with E-state index >= 15 is 0 Å². The summed E-state index contributed by atoms with van der Waals surface area (Å²) >= 11 is 0. The summed E-state index contributed by atoms with van der Waals surface area (Å²) < 4.78 is 0. The standard InChI is InChI=1S/C18H22N2O2/c1-4-13-8-6-7-9-16(13)18(22)20(3)15-11-10-14(12-15)17(21)19-5-2/h1,6-9,14-15H,5,10-12H2,2-3H3,(H,19,21)/t14-,15+/m0/s1. The molecule has 2 atom stereocenters. The molecule has 0 heterocycles. The minimum Gasteiger partial charge on any atom is -0.356 e. The molecule has 1 aromatic carbocycles. The van der Waals surface area contributed by atoms with Gasteiger partial charge < -0.3 is 10.2 Å². The maximum absolute atomic E-state index is 12.6. The van der Waals surface area contributed by atoms with Gasteiger partial charge in [0.15, 0.2) is 0 Å². The Bertz CT molecular complexity index is 603. The van der Waals surface area contributed by atoms with E-state index in [0.717, 1.165) is 12.8 Å². The Hall–Kier alpha value is -2.28. The molecule has 4 nitrogen and oxygen atoms in total. The summed E-state index contributed by atoms with van der Waals surface area (Å²) in [7, 11) is 1.79. The maximum atomic E-state index is 12.6. The Morgan fingerprint density at radius 2 is 2.09 bits per heavy atom. The van der Waals surface area contributed by atoms with Gasteiger partial charge in [0.25, 0.3) is 5.91 Å². The van der Waals surface area contributed by atoms with Crippen LogP contribution in [0.25, 0.3) is 0 Å². The number of terminal acetylenes is 1. The molecule has 1 N–H and O–H groups in total. The van der Waals surface area contributed by atoms with Crippen molar-refractivity contribution in [1.29, 1.82) is 0 Å². The van der Waals surface area contributed by atoms with E-state index in [2.05, 4.69) is 11.2 Å². The first-order valence-electron chi connectivity index (χ1n) is 7.69. The second-order valence-corrected chi connectivity index (χ2v) is 5.66. The third kappa shape index (κ3) is 3.30. The molecule has 2 amide bonds. The lowest BCUT2D eigenvalue weighted by Gasteiger charge is -2.25. The van der Waals surface area contributed by atoms with Gasteiger partial charge >= 0.3 is 0 Å². The minimum atomic E-state index is -0.0740. The van der Waals surface area contributed by atoms with E-state index < -0.39 is 0 Å². The van der Waals surface area contributed by atoms with Gasteiger partial charge in [-0.2, -0.15) is 0 Å². The van der Waals surface area contributed by atoms with Gasteiger partial charge in [0.05, 0.1) is 5.56 Å². The fraction of sp³-hybridized carbons (Fsp3) is 0.444. The number of benzene rings is 1. The molecule has 116 valence electrons. The van der Waals surface area contributed by atoms with Crippen LogP contribution in [0.2, 0.25) is 0 Å². The van der Waals surface area contributed by atoms with Crippen molar-refractivity contribution < 1.29 is 9.59 Å². The molecule has 4 heteroatoms. The first kappa shape index (κ1) is 16.1. The van der Waals surface area contributed by atoms with E-state index in [0.29, 0.717) is 24.1 Å². The van der Waals surface area contributed by atoms with Gasteiger partial charge in [-0.1, -0.05) is 18.1 Å². The highest BCUT2D eigenvalue weighted by atomic mass is 16.2. The highest BCUT2D eigenvalue weighted by molar-refractivity contribution is 5.96. The van der Waals surface area contributed by atoms with Gasteiger partial charge in [-0.15, -0.1) is 6.42 Å². The zero-order valence-corrected chi connectivity index (χ0v) is 13.1. The van der Waals surface area contributed by atoms with Crippen molar-refractivity contribution in [2.75, 3.05) is 13.6 Å².